The van der Waals surface area contributed by atoms with Crippen LogP contribution >= 0.6 is 12.8 Å². The van der Waals surface area contributed by atoms with E-state index < -0.39 is 11.8 Å². The number of hydrogen-bond acceptors (Lipinski definition) is 4. The Balaban J connectivity index is 0.00000154. The quantitative estimate of drug-likeness (QED) is 0.644. The SMILES string of the molecule is CC(C)c1ncc(F)c(C(C)C)c1NC(N)=O.NS. The fraction of sp³-hybridized carbons (Fsp3) is 0.500. The minimum Gasteiger partial charge on any atom is -0.351 e. The zero-order valence-corrected chi connectivity index (χ0v) is 12.5. The summed E-state index contributed by atoms with van der Waals surface area (Å²) in [5, 5.41) is 6.68. The van der Waals surface area contributed by atoms with Gasteiger partial charge in [-0.3, -0.25) is 10.1 Å². The average molecular weight is 288 g/mol. The van der Waals surface area contributed by atoms with Crippen molar-refractivity contribution in [3.63, 3.8) is 0 Å². The smallest absolute Gasteiger partial charge is 0.316 e. The van der Waals surface area contributed by atoms with Crippen molar-refractivity contribution in [3.05, 3.63) is 23.3 Å². The van der Waals surface area contributed by atoms with Crippen molar-refractivity contribution < 1.29 is 9.18 Å². The minimum atomic E-state index is -0.707. The molecule has 0 aliphatic heterocycles. The number of nitrogens with one attached hydrogen (secondary N) is 1. The molecule has 0 aliphatic carbocycles. The summed E-state index contributed by atoms with van der Waals surface area (Å²) >= 11 is 3.03. The molecule has 1 aromatic rings. The highest BCUT2D eigenvalue weighted by Gasteiger charge is 2.20. The van der Waals surface area contributed by atoms with Crippen LogP contribution in [0, 0.1) is 5.82 Å². The number of carbonyl (C=O) groups is 1. The first-order valence-corrected chi connectivity index (χ1v) is 6.36. The number of halogens is 1. The second-order valence-corrected chi connectivity index (χ2v) is 4.58. The second kappa shape index (κ2) is 7.96. The fourth-order valence-corrected chi connectivity index (χ4v) is 1.77. The molecule has 0 saturated carbocycles. The molecule has 0 fully saturated rings. The number of nitrogens with two attached hydrogens (primary N) is 2. The lowest BCUT2D eigenvalue weighted by molar-refractivity contribution is 0.259. The summed E-state index contributed by atoms with van der Waals surface area (Å²) in [6, 6.07) is -0.707. The molecule has 5 nitrogen and oxygen atoms in total. The second-order valence-electron chi connectivity index (χ2n) is 4.58. The highest BCUT2D eigenvalue weighted by Crippen LogP contribution is 2.32. The summed E-state index contributed by atoms with van der Waals surface area (Å²) in [6.45, 7) is 7.57. The van der Waals surface area contributed by atoms with Crippen LogP contribution in [0.15, 0.2) is 6.20 Å². The molecule has 1 heterocycles. The molecule has 7 heteroatoms. The molecule has 0 bridgehead atoms. The maximum Gasteiger partial charge on any atom is 0.316 e. The molecule has 0 aromatic carbocycles. The summed E-state index contributed by atoms with van der Waals surface area (Å²) in [6.07, 6.45) is 1.19. The van der Waals surface area contributed by atoms with Gasteiger partial charge in [-0.15, -0.1) is 12.8 Å². The van der Waals surface area contributed by atoms with Gasteiger partial charge in [0, 0.05) is 5.56 Å². The molecule has 108 valence electrons. The van der Waals surface area contributed by atoms with Crippen molar-refractivity contribution in [3.8, 4) is 0 Å². The summed E-state index contributed by atoms with van der Waals surface area (Å²) < 4.78 is 13.7. The Morgan fingerprint density at radius 2 is 1.84 bits per heavy atom. The van der Waals surface area contributed by atoms with Gasteiger partial charge >= 0.3 is 6.03 Å². The Kier molecular flexibility index (Phi) is 7.40. The molecule has 0 saturated heterocycles. The first-order valence-electron chi connectivity index (χ1n) is 5.85. The topological polar surface area (TPSA) is 94.0 Å². The van der Waals surface area contributed by atoms with E-state index in [-0.39, 0.29) is 11.8 Å². The van der Waals surface area contributed by atoms with Crippen LogP contribution in [0.4, 0.5) is 14.9 Å². The van der Waals surface area contributed by atoms with E-state index in [4.69, 9.17) is 5.73 Å². The predicted octanol–water partition coefficient (Wildman–Crippen LogP) is 2.75. The number of rotatable bonds is 3. The third-order valence-corrected chi connectivity index (χ3v) is 2.47. The normalized spacial score (nSPS) is 10.2. The lowest BCUT2D eigenvalue weighted by Gasteiger charge is -2.18. The number of pyridine rings is 1. The van der Waals surface area contributed by atoms with Crippen LogP contribution in [0.1, 0.15) is 50.8 Å². The molecule has 0 atom stereocenters. The van der Waals surface area contributed by atoms with E-state index in [0.717, 1.165) is 0 Å². The number of thiol groups is 1. The van der Waals surface area contributed by atoms with Crippen LogP contribution in [0.3, 0.4) is 0 Å². The highest BCUT2D eigenvalue weighted by molar-refractivity contribution is 7.77. The van der Waals surface area contributed by atoms with Crippen LogP contribution in [-0.2, 0) is 0 Å². The van der Waals surface area contributed by atoms with Gasteiger partial charge in [0.1, 0.15) is 5.82 Å². The minimum absolute atomic E-state index is 0.0580. The number of nitrogens with zero attached hydrogens (tertiary/aromatic N) is 1. The van der Waals surface area contributed by atoms with E-state index in [0.29, 0.717) is 16.9 Å². The van der Waals surface area contributed by atoms with Crippen LogP contribution < -0.4 is 16.2 Å². The molecule has 1 rings (SSSR count). The molecular formula is C12H21FN4OS. The van der Waals surface area contributed by atoms with Crippen molar-refractivity contribution in [2.24, 2.45) is 10.9 Å². The van der Waals surface area contributed by atoms with E-state index in [2.05, 4.69) is 28.3 Å². The summed E-state index contributed by atoms with van der Waals surface area (Å²) in [4.78, 5) is 15.0. The van der Waals surface area contributed by atoms with E-state index in [1.165, 1.54) is 6.20 Å². The zero-order chi connectivity index (χ0) is 15.2. The average Bonchev–Trinajstić information content (AvgIpc) is 2.30. The van der Waals surface area contributed by atoms with Gasteiger partial charge < -0.3 is 11.1 Å². The van der Waals surface area contributed by atoms with Gasteiger partial charge in [0.05, 0.1) is 17.6 Å². The number of aromatic nitrogens is 1. The van der Waals surface area contributed by atoms with Gasteiger partial charge in [0.2, 0.25) is 0 Å². The lowest BCUT2D eigenvalue weighted by atomic mass is 9.96. The van der Waals surface area contributed by atoms with Gasteiger partial charge in [-0.2, -0.15) is 0 Å². The van der Waals surface area contributed by atoms with Crippen LogP contribution in [0.5, 0.6) is 0 Å². The number of carbonyl (C=O) groups excluding carboxylic acids is 1. The standard InChI is InChI=1S/C12H18FN3O.H3NS/c1-6(2)9-8(13)5-15-10(7(3)4)11(9)16-12(14)17;1-2/h5-7H,1-4H3,(H3,14,16,17);2H,1H2. The van der Waals surface area contributed by atoms with E-state index in [1.807, 2.05) is 27.7 Å². The lowest BCUT2D eigenvalue weighted by Crippen LogP contribution is -2.22. The molecule has 5 N–H and O–H groups in total. The van der Waals surface area contributed by atoms with Gasteiger partial charge in [-0.1, -0.05) is 27.7 Å². The van der Waals surface area contributed by atoms with Crippen LogP contribution in [0.25, 0.3) is 0 Å². The Morgan fingerprint density at radius 1 is 1.32 bits per heavy atom. The predicted molar refractivity (Wildman–Crippen MR) is 78.8 cm³/mol. The van der Waals surface area contributed by atoms with Crippen molar-refractivity contribution in [2.45, 2.75) is 39.5 Å². The zero-order valence-electron chi connectivity index (χ0n) is 11.6. The molecular weight excluding hydrogens is 267 g/mol. The van der Waals surface area contributed by atoms with Crippen molar-refractivity contribution in [2.75, 3.05) is 5.32 Å². The van der Waals surface area contributed by atoms with Gasteiger partial charge in [0.15, 0.2) is 0 Å². The van der Waals surface area contributed by atoms with Crippen molar-refractivity contribution in [1.82, 2.24) is 4.98 Å². The first-order chi connectivity index (χ1) is 8.84. The third-order valence-electron chi connectivity index (χ3n) is 2.47. The van der Waals surface area contributed by atoms with E-state index in [9.17, 15) is 9.18 Å². The maximum absolute atomic E-state index is 13.7. The van der Waals surface area contributed by atoms with E-state index >= 15 is 0 Å². The summed E-state index contributed by atoms with van der Waals surface area (Å²) in [5.74, 6) is -0.402. The molecule has 19 heavy (non-hydrogen) atoms. The summed E-state index contributed by atoms with van der Waals surface area (Å²) in [5.41, 5.74) is 6.61. The largest absolute Gasteiger partial charge is 0.351 e. The van der Waals surface area contributed by atoms with Gasteiger partial charge in [-0.05, 0) is 11.8 Å². The number of primary amides is 1. The molecule has 1 aromatic heterocycles. The van der Waals surface area contributed by atoms with Crippen molar-refractivity contribution in [1.29, 1.82) is 0 Å². The molecule has 0 aliphatic rings. The third kappa shape index (κ3) is 4.68. The van der Waals surface area contributed by atoms with Crippen LogP contribution in [0.2, 0.25) is 0 Å². The molecule has 0 spiro atoms. The van der Waals surface area contributed by atoms with Crippen LogP contribution in [-0.4, -0.2) is 11.0 Å². The molecule has 2 amide bonds. The maximum atomic E-state index is 13.7. The Morgan fingerprint density at radius 3 is 2.21 bits per heavy atom. The highest BCUT2D eigenvalue weighted by atomic mass is 32.1. The Hall–Kier alpha value is -1.34. The van der Waals surface area contributed by atoms with Gasteiger partial charge in [-0.25, -0.2) is 9.18 Å². The number of amides is 2. The Labute approximate surface area is 118 Å². The van der Waals surface area contributed by atoms with Gasteiger partial charge in [0.25, 0.3) is 0 Å². The summed E-state index contributed by atoms with van der Waals surface area (Å²) in [7, 11) is 0. The molecule has 0 unspecified atom stereocenters. The number of hydrogen-bond donors (Lipinski definition) is 4. The fourth-order valence-electron chi connectivity index (χ4n) is 1.77. The monoisotopic (exact) mass is 288 g/mol. The Bertz CT molecular complexity index is 438. The van der Waals surface area contributed by atoms with E-state index in [1.54, 1.807) is 0 Å². The molecule has 0 radical (unpaired) electrons. The first kappa shape index (κ1) is 17.7. The number of urea groups is 1. The number of anilines is 1. The van der Waals surface area contributed by atoms with Crippen molar-refractivity contribution >= 4 is 24.5 Å².